The number of aliphatic hydroxyl groups excluding tert-OH is 11. The number of carbonyl (C=O) groups excluding carboxylic acids is 2. The number of ether oxygens (including phenoxy) is 11. The summed E-state index contributed by atoms with van der Waals surface area (Å²) in [5, 5.41) is 149. The number of ketones is 1. The average molecular weight is 1610 g/mol. The molecular weight excluding hydrogens is 1480 g/mol. The van der Waals surface area contributed by atoms with Crippen LogP contribution in [0.2, 0.25) is 0 Å². The number of allylic oxidation sites excluding steroid dienone is 1. The quantitative estimate of drug-likeness (QED) is 0.0186. The number of phenolic OH excluding ortho intramolecular Hbond substituents is 1. The number of Topliss-reactive ketones (excluding diaryl/α,β-unsaturated/α-hetero) is 1. The Morgan fingerprint density at radius 2 is 0.804 bits per heavy atom. The monoisotopic (exact) mass is 1610 g/mol. The van der Waals surface area contributed by atoms with Crippen molar-refractivity contribution in [2.24, 2.45) is 0 Å². The molecule has 5 fully saturated rings. The molecule has 1 aromatic rings. The molecule has 0 aromatic heterocycles. The molecule has 0 bridgehead atoms. The van der Waals surface area contributed by atoms with Gasteiger partial charge in [-0.15, -0.1) is 0 Å². The zero-order valence-corrected chi connectivity index (χ0v) is 66.8. The van der Waals surface area contributed by atoms with Crippen molar-refractivity contribution < 1.29 is 163 Å². The summed E-state index contributed by atoms with van der Waals surface area (Å²) in [5.74, 6) is -3.93. The van der Waals surface area contributed by atoms with E-state index in [9.17, 15) is 84.9 Å². The summed E-state index contributed by atoms with van der Waals surface area (Å²) in [5.41, 5.74) is 0.305. The lowest BCUT2D eigenvalue weighted by Crippen LogP contribution is -2.49. The summed E-state index contributed by atoms with van der Waals surface area (Å²) < 4.78 is 60.4. The molecule has 33 nitrogen and oxygen atoms in total. The molecule has 0 radical (unpaired) electrons. The van der Waals surface area contributed by atoms with E-state index in [4.69, 9.17) is 77.6 Å². The Kier molecular flexibility index (Phi) is 54.0. The number of phenols is 1. The molecule has 0 spiro atoms. The molecule has 5 aliphatic heterocycles. The van der Waals surface area contributed by atoms with Crippen LogP contribution in [0.4, 0.5) is 0 Å². The van der Waals surface area contributed by atoms with Gasteiger partial charge in [0.15, 0.2) is 31.5 Å². The highest BCUT2D eigenvalue weighted by atomic mass is 16.7. The van der Waals surface area contributed by atoms with Crippen molar-refractivity contribution in [3.05, 3.63) is 42.0 Å². The summed E-state index contributed by atoms with van der Waals surface area (Å²) in [6.45, 7) is 14.9. The molecule has 1 aromatic carbocycles. The van der Waals surface area contributed by atoms with Crippen LogP contribution in [0.1, 0.15) is 258 Å². The molecule has 24 atom stereocenters. The minimum atomic E-state index is -0.970. The number of hydrogen-bond acceptors (Lipinski definition) is 29. The van der Waals surface area contributed by atoms with Crippen molar-refractivity contribution in [1.82, 2.24) is 0 Å². The van der Waals surface area contributed by atoms with Gasteiger partial charge in [-0.3, -0.25) is 19.2 Å². The van der Waals surface area contributed by atoms with Crippen LogP contribution in [0, 0.1) is 0 Å². The molecular formula is C79H136O33. The van der Waals surface area contributed by atoms with E-state index in [0.29, 0.717) is 63.5 Å². The molecule has 0 saturated carbocycles. The lowest BCUT2D eigenvalue weighted by molar-refractivity contribution is -0.273. The van der Waals surface area contributed by atoms with E-state index in [1.165, 1.54) is 24.3 Å². The van der Waals surface area contributed by atoms with Crippen LogP contribution in [0.3, 0.4) is 0 Å². The molecule has 11 unspecified atom stereocenters. The Balaban J connectivity index is 0.000000485. The minimum absolute atomic E-state index is 0.0140. The van der Waals surface area contributed by atoms with Crippen molar-refractivity contribution >= 4 is 35.6 Å². The van der Waals surface area contributed by atoms with Gasteiger partial charge in [0.2, 0.25) is 0 Å². The summed E-state index contributed by atoms with van der Waals surface area (Å²) in [6, 6.07) is 5.74. The number of aliphatic carboxylic acids is 4. The fraction of sp³-hybridized carbons (Fsp3) is 0.823. The largest absolute Gasteiger partial charge is 0.508 e. The molecule has 5 aliphatic rings. The maximum Gasteiger partial charge on any atom is 0.338 e. The van der Waals surface area contributed by atoms with E-state index < -0.39 is 141 Å². The highest BCUT2D eigenvalue weighted by Gasteiger charge is 2.41. The van der Waals surface area contributed by atoms with Gasteiger partial charge in [-0.05, 0) is 144 Å². The maximum atomic E-state index is 12.3. The molecule has 112 heavy (non-hydrogen) atoms. The van der Waals surface area contributed by atoms with E-state index in [2.05, 4.69) is 0 Å². The van der Waals surface area contributed by atoms with Crippen LogP contribution in [0.5, 0.6) is 5.75 Å². The van der Waals surface area contributed by atoms with Gasteiger partial charge in [-0.25, -0.2) is 9.59 Å². The zero-order valence-electron chi connectivity index (χ0n) is 66.8. The van der Waals surface area contributed by atoms with Gasteiger partial charge < -0.3 is 134 Å². The van der Waals surface area contributed by atoms with E-state index >= 15 is 0 Å². The van der Waals surface area contributed by atoms with Gasteiger partial charge in [0.25, 0.3) is 0 Å². The molecule has 0 amide bonds. The number of carboxylic acids is 4. The van der Waals surface area contributed by atoms with E-state index in [1.807, 2.05) is 20.8 Å². The SMILES string of the molecule is CC1O[C@@H](OCCC(=O)O)C(O)C[C@H]1O.CC1O[C@@H](OCCCCC(=O)O)C(O)C[C@H]1O.CC1O[C@@H](O[C@H](C)CCCC/C=C/C(=O)O)C(O)C[C@H]1OC(=O)c1ccc(O)cc1.CC1O[C@@H](O[C@H](C)CCCCCCC(O)CC(=O)O)C(O)C[C@H]1O.CC1O[C@@H](O[C@H](C)CCCCCCCCC(=O)CCCO)C(O)C[C@H]1O. The fourth-order valence-electron chi connectivity index (χ4n) is 12.3. The molecule has 16 N–H and O–H groups in total. The molecule has 5 heterocycles. The number of aromatic hydroxyl groups is 1. The molecule has 650 valence electrons. The first kappa shape index (κ1) is 103. The normalized spacial score (nSPS) is 29.5. The second kappa shape index (κ2) is 58.7. The second-order valence-corrected chi connectivity index (χ2v) is 29.7. The fourth-order valence-corrected chi connectivity index (χ4v) is 12.3. The van der Waals surface area contributed by atoms with Crippen molar-refractivity contribution in [2.75, 3.05) is 19.8 Å². The first-order valence-electron chi connectivity index (χ1n) is 39.9. The second-order valence-electron chi connectivity index (χ2n) is 29.7. The number of esters is 1. The number of rotatable bonds is 45. The van der Waals surface area contributed by atoms with Crippen LogP contribution in [0.25, 0.3) is 0 Å². The highest BCUT2D eigenvalue weighted by molar-refractivity contribution is 5.89. The van der Waals surface area contributed by atoms with Gasteiger partial charge in [0.05, 0.1) is 104 Å². The number of unbranched alkanes of at least 4 members (excludes halogenated alkanes) is 11. The minimum Gasteiger partial charge on any atom is -0.508 e. The van der Waals surface area contributed by atoms with Gasteiger partial charge in [-0.2, -0.15) is 0 Å². The van der Waals surface area contributed by atoms with Crippen molar-refractivity contribution in [3.8, 4) is 5.75 Å². The van der Waals surface area contributed by atoms with E-state index in [0.717, 1.165) is 102 Å². The number of benzene rings is 1. The molecule has 33 heteroatoms. The van der Waals surface area contributed by atoms with E-state index in [-0.39, 0.29) is 106 Å². The number of aliphatic hydroxyl groups is 11. The Hall–Kier alpha value is -5.06. The Morgan fingerprint density at radius 3 is 1.24 bits per heavy atom. The zero-order chi connectivity index (χ0) is 83.8. The predicted octanol–water partition coefficient (Wildman–Crippen LogP) is 6.60. The number of carbonyl (C=O) groups is 6. The first-order valence-corrected chi connectivity index (χ1v) is 39.9. The van der Waals surface area contributed by atoms with Crippen molar-refractivity contribution in [2.45, 2.75) is 395 Å². The predicted molar refractivity (Wildman–Crippen MR) is 403 cm³/mol. The third-order valence-corrected chi connectivity index (χ3v) is 19.3. The van der Waals surface area contributed by atoms with Crippen LogP contribution in [0.15, 0.2) is 36.4 Å². The Bertz CT molecular complexity index is 2710. The summed E-state index contributed by atoms with van der Waals surface area (Å²) in [7, 11) is 0. The molecule has 0 aliphatic carbocycles. The number of hydrogen-bond donors (Lipinski definition) is 16. The Morgan fingerprint density at radius 1 is 0.429 bits per heavy atom. The third-order valence-electron chi connectivity index (χ3n) is 19.3. The molecule has 6 rings (SSSR count). The summed E-state index contributed by atoms with van der Waals surface area (Å²) in [4.78, 5) is 65.0. The topological polar surface area (TPSA) is 528 Å². The Labute approximate surface area is 658 Å². The first-order chi connectivity index (χ1) is 53.0. The lowest BCUT2D eigenvalue weighted by atomic mass is 10.0. The van der Waals surface area contributed by atoms with Crippen LogP contribution in [-0.2, 0) is 76.1 Å². The van der Waals surface area contributed by atoms with Crippen LogP contribution < -0.4 is 0 Å². The van der Waals surface area contributed by atoms with Gasteiger partial charge >= 0.3 is 29.8 Å². The smallest absolute Gasteiger partial charge is 0.338 e. The van der Waals surface area contributed by atoms with Gasteiger partial charge in [0.1, 0.15) is 48.2 Å². The highest BCUT2D eigenvalue weighted by Crippen LogP contribution is 2.30. The number of carboxylic acid groups (broad SMARTS) is 4. The average Bonchev–Trinajstić information content (AvgIpc) is 0.845. The van der Waals surface area contributed by atoms with Gasteiger partial charge in [-0.1, -0.05) is 70.3 Å². The van der Waals surface area contributed by atoms with E-state index in [1.54, 1.807) is 40.7 Å². The standard InChI is InChI=1S/C22H30O8.C20H38O6.C17H32O7.C11H20O6.C9H16O6/c1-14(7-5-3-4-6-8-20(25)26)28-22-18(24)13-19(15(2)29-22)30-21(27)16-9-11-17(23)12-10-16;1-15(25-20-19(24)14-18(23)16(2)26-20)10-7-5-3-4-6-8-11-17(22)12-9-13-21;1-11(23-17-15(20)10-14(19)12(2)24-17)7-5-3-4-6-8-13(18)9-16(21)22;1-7-8(12)6-9(13)11(17-7)16-5-3-2-4-10(14)15;1-5-6(10)4-7(11)9(15-5)14-3-2-8(12)13/h6,8-12,14-15,18-19,22-24H,3-5,7,13H2,1-2H3,(H,25,26);15-16,18-21,23-24H,3-14H2,1-2H3;11-15,17-20H,3-10H2,1-2H3,(H,21,22);7-9,11-13H,2-6H2,1H3,(H,14,15);5-7,9-11H,2-4H2,1H3,(H,12,13)/b8-6+;;;;/t14-,15?,18?,19-,22-;15-,16?,18-,19?,20-;11-,12?,13?,14-,15?,17-;7?,8-,9?,11-;5?,6-,7?,9-/m11111/s1. The lowest BCUT2D eigenvalue weighted by Gasteiger charge is -2.38. The summed E-state index contributed by atoms with van der Waals surface area (Å²) >= 11 is 0. The van der Waals surface area contributed by atoms with Crippen LogP contribution in [-0.4, -0.2) is 285 Å². The molecule has 5 saturated heterocycles. The third kappa shape index (κ3) is 46.6. The van der Waals surface area contributed by atoms with Crippen LogP contribution >= 0.6 is 0 Å². The summed E-state index contributed by atoms with van der Waals surface area (Å²) in [6.07, 6.45) is 8.15. The van der Waals surface area contributed by atoms with Crippen molar-refractivity contribution in [1.29, 1.82) is 0 Å². The van der Waals surface area contributed by atoms with Gasteiger partial charge in [0, 0.05) is 70.7 Å². The van der Waals surface area contributed by atoms with Crippen molar-refractivity contribution in [3.63, 3.8) is 0 Å². The maximum absolute atomic E-state index is 12.3.